The molecule has 3 aromatic carbocycles. The first-order valence-electron chi connectivity index (χ1n) is 10.4. The van der Waals surface area contributed by atoms with Crippen LogP contribution >= 0.6 is 0 Å². The molecule has 32 heavy (non-hydrogen) atoms. The largest absolute Gasteiger partial charge is 0.507 e. The van der Waals surface area contributed by atoms with Crippen molar-refractivity contribution in [2.75, 3.05) is 12.5 Å². The second-order valence-electron chi connectivity index (χ2n) is 8.54. The van der Waals surface area contributed by atoms with Gasteiger partial charge in [-0.15, -0.1) is 0 Å². The van der Waals surface area contributed by atoms with Gasteiger partial charge in [0.15, 0.2) is 11.6 Å². The van der Waals surface area contributed by atoms with Gasteiger partial charge in [0, 0.05) is 22.8 Å². The molecule has 1 aliphatic carbocycles. The Morgan fingerprint density at radius 3 is 2.22 bits per heavy atom. The number of aromatic hydroxyl groups is 1. The minimum Gasteiger partial charge on any atom is -0.507 e. The molecule has 1 aliphatic heterocycles. The van der Waals surface area contributed by atoms with E-state index in [1.807, 2.05) is 19.2 Å². The third-order valence-electron chi connectivity index (χ3n) is 6.37. The summed E-state index contributed by atoms with van der Waals surface area (Å²) < 4.78 is 2.09. The van der Waals surface area contributed by atoms with Crippen LogP contribution in [0, 0.1) is 0 Å². The van der Waals surface area contributed by atoms with E-state index in [-0.39, 0.29) is 33.9 Å². The van der Waals surface area contributed by atoms with E-state index in [1.165, 1.54) is 11.6 Å². The van der Waals surface area contributed by atoms with Crippen LogP contribution in [0.2, 0.25) is 0 Å². The summed E-state index contributed by atoms with van der Waals surface area (Å²) in [6.45, 7) is 4.27. The SMILES string of the molecule is C[N+]1=C(/C=N/Nc2ccc(O)c3c2C(=O)c2ccccc2C3=O)C(C)(C)c2ccccc21. The zero-order chi connectivity index (χ0) is 22.6. The van der Waals surface area contributed by atoms with Crippen molar-refractivity contribution in [1.82, 2.24) is 0 Å². The van der Waals surface area contributed by atoms with Crippen molar-refractivity contribution in [3.63, 3.8) is 0 Å². The molecule has 0 fully saturated rings. The fourth-order valence-electron chi connectivity index (χ4n) is 4.69. The maximum Gasteiger partial charge on any atom is 0.212 e. The van der Waals surface area contributed by atoms with Crippen LogP contribution in [-0.2, 0) is 5.41 Å². The van der Waals surface area contributed by atoms with Crippen LogP contribution in [-0.4, -0.2) is 40.2 Å². The summed E-state index contributed by atoms with van der Waals surface area (Å²) in [6.07, 6.45) is 1.74. The van der Waals surface area contributed by atoms with Gasteiger partial charge in [0.25, 0.3) is 0 Å². The van der Waals surface area contributed by atoms with Gasteiger partial charge in [-0.2, -0.15) is 9.68 Å². The molecule has 0 aromatic heterocycles. The van der Waals surface area contributed by atoms with Crippen LogP contribution in [0.4, 0.5) is 11.4 Å². The van der Waals surface area contributed by atoms with Gasteiger partial charge in [-0.3, -0.25) is 15.0 Å². The first-order valence-corrected chi connectivity index (χ1v) is 10.4. The summed E-state index contributed by atoms with van der Waals surface area (Å²) in [6, 6.07) is 17.8. The highest BCUT2D eigenvalue weighted by molar-refractivity contribution is 6.34. The van der Waals surface area contributed by atoms with Crippen LogP contribution in [0.3, 0.4) is 0 Å². The third-order valence-corrected chi connectivity index (χ3v) is 6.37. The monoisotopic (exact) mass is 424 g/mol. The van der Waals surface area contributed by atoms with E-state index in [0.29, 0.717) is 16.8 Å². The number of ketones is 2. The van der Waals surface area contributed by atoms with E-state index >= 15 is 0 Å². The quantitative estimate of drug-likeness (QED) is 0.223. The highest BCUT2D eigenvalue weighted by Gasteiger charge is 2.43. The Labute approximate surface area is 185 Å². The number of fused-ring (bicyclic) bond motifs is 3. The highest BCUT2D eigenvalue weighted by Crippen LogP contribution is 2.39. The van der Waals surface area contributed by atoms with Crippen molar-refractivity contribution in [2.24, 2.45) is 5.10 Å². The molecule has 0 saturated carbocycles. The predicted octanol–water partition coefficient (Wildman–Crippen LogP) is 4.27. The fraction of sp³-hybridized carbons (Fsp3) is 0.154. The second-order valence-corrected chi connectivity index (χ2v) is 8.54. The Bertz CT molecular complexity index is 1380. The lowest BCUT2D eigenvalue weighted by Crippen LogP contribution is -2.30. The average molecular weight is 424 g/mol. The number of carbonyl (C=O) groups excluding carboxylic acids is 2. The summed E-state index contributed by atoms with van der Waals surface area (Å²) in [5.41, 5.74) is 7.15. The summed E-state index contributed by atoms with van der Waals surface area (Å²) in [5.74, 6) is -0.909. The van der Waals surface area contributed by atoms with Gasteiger partial charge >= 0.3 is 0 Å². The summed E-state index contributed by atoms with van der Waals surface area (Å²) in [5, 5.41) is 14.8. The lowest BCUT2D eigenvalue weighted by molar-refractivity contribution is -0.400. The molecule has 0 amide bonds. The molecule has 3 aromatic rings. The Morgan fingerprint density at radius 2 is 1.53 bits per heavy atom. The van der Waals surface area contributed by atoms with Gasteiger partial charge < -0.3 is 5.11 Å². The van der Waals surface area contributed by atoms with E-state index in [1.54, 1.807) is 36.5 Å². The molecular formula is C26H22N3O3+. The van der Waals surface area contributed by atoms with E-state index in [2.05, 4.69) is 41.1 Å². The molecule has 158 valence electrons. The molecular weight excluding hydrogens is 402 g/mol. The van der Waals surface area contributed by atoms with Crippen molar-refractivity contribution in [2.45, 2.75) is 19.3 Å². The molecule has 6 nitrogen and oxygen atoms in total. The van der Waals surface area contributed by atoms with Crippen molar-refractivity contribution in [3.8, 4) is 5.75 Å². The minimum atomic E-state index is -0.373. The number of nitrogens with one attached hydrogen (secondary N) is 1. The molecule has 0 unspecified atom stereocenters. The minimum absolute atomic E-state index is 0.00673. The summed E-state index contributed by atoms with van der Waals surface area (Å²) in [7, 11) is 2.00. The van der Waals surface area contributed by atoms with Crippen LogP contribution in [0.25, 0.3) is 0 Å². The molecule has 1 heterocycles. The molecule has 0 spiro atoms. The van der Waals surface area contributed by atoms with E-state index in [9.17, 15) is 14.7 Å². The summed E-state index contributed by atoms with van der Waals surface area (Å²) >= 11 is 0. The van der Waals surface area contributed by atoms with Crippen molar-refractivity contribution < 1.29 is 19.3 Å². The molecule has 0 atom stereocenters. The number of rotatable bonds is 3. The Balaban J connectivity index is 1.53. The van der Waals surface area contributed by atoms with Gasteiger partial charge in [-0.05, 0) is 26.0 Å². The Hall–Kier alpha value is -4.06. The number of phenolic OH excluding ortho intramolecular Hbond substituents is 1. The zero-order valence-corrected chi connectivity index (χ0v) is 18.0. The number of para-hydroxylation sites is 1. The van der Waals surface area contributed by atoms with Crippen LogP contribution in [0.5, 0.6) is 5.75 Å². The van der Waals surface area contributed by atoms with Crippen molar-refractivity contribution >= 4 is 34.9 Å². The van der Waals surface area contributed by atoms with Crippen LogP contribution < -0.4 is 5.43 Å². The van der Waals surface area contributed by atoms with E-state index < -0.39 is 0 Å². The average Bonchev–Trinajstić information content (AvgIpc) is 2.99. The topological polar surface area (TPSA) is 81.8 Å². The molecule has 2 aliphatic rings. The van der Waals surface area contributed by atoms with Gasteiger partial charge in [0.2, 0.25) is 11.4 Å². The standard InChI is InChI=1S/C26H21N3O3/c1-26(2)17-10-6-7-11-19(17)29(3)21(26)14-27-28-18-12-13-20(30)23-22(18)24(31)15-8-4-5-9-16(15)25(23)32/h4-14H,1-3H3,(H,27,30,32)/p+1. The normalized spacial score (nSPS) is 16.2. The van der Waals surface area contributed by atoms with Gasteiger partial charge in [-0.1, -0.05) is 42.5 Å². The number of carbonyl (C=O) groups is 2. The van der Waals surface area contributed by atoms with Crippen LogP contribution in [0.15, 0.2) is 65.8 Å². The van der Waals surface area contributed by atoms with E-state index in [4.69, 9.17) is 0 Å². The molecule has 0 radical (unpaired) electrons. The van der Waals surface area contributed by atoms with Crippen molar-refractivity contribution in [3.05, 3.63) is 88.5 Å². The lowest BCUT2D eigenvalue weighted by atomic mass is 9.82. The number of anilines is 1. The van der Waals surface area contributed by atoms with Gasteiger partial charge in [0.05, 0.1) is 22.2 Å². The zero-order valence-electron chi connectivity index (χ0n) is 18.0. The Morgan fingerprint density at radius 1 is 0.906 bits per heavy atom. The maximum atomic E-state index is 13.2. The van der Waals surface area contributed by atoms with Crippen LogP contribution in [0.1, 0.15) is 51.3 Å². The predicted molar refractivity (Wildman–Crippen MR) is 124 cm³/mol. The first kappa shape index (κ1) is 19.9. The lowest BCUT2D eigenvalue weighted by Gasteiger charge is -2.20. The van der Waals surface area contributed by atoms with E-state index in [0.717, 1.165) is 11.4 Å². The molecule has 0 bridgehead atoms. The number of benzene rings is 3. The van der Waals surface area contributed by atoms with Crippen molar-refractivity contribution in [1.29, 1.82) is 0 Å². The molecule has 2 N–H and O–H groups in total. The highest BCUT2D eigenvalue weighted by atomic mass is 16.3. The number of nitrogens with zero attached hydrogens (tertiary/aromatic N) is 2. The number of hydrogen-bond donors (Lipinski definition) is 2. The Kier molecular flexibility index (Phi) is 4.34. The molecule has 5 rings (SSSR count). The fourth-order valence-corrected chi connectivity index (χ4v) is 4.69. The number of hydrazone groups is 1. The third kappa shape index (κ3) is 2.73. The summed E-state index contributed by atoms with van der Waals surface area (Å²) in [4.78, 5) is 26.2. The molecule has 0 saturated heterocycles. The second kappa shape index (κ2) is 6.99. The first-order chi connectivity index (χ1) is 15.3. The number of phenols is 1. The van der Waals surface area contributed by atoms with Gasteiger partial charge in [0.1, 0.15) is 19.0 Å². The maximum absolute atomic E-state index is 13.2. The smallest absolute Gasteiger partial charge is 0.212 e. The van der Waals surface area contributed by atoms with Gasteiger partial charge in [-0.25, -0.2) is 0 Å². The number of hydrogen-bond acceptors (Lipinski definition) is 5. The molecule has 6 heteroatoms.